The Kier molecular flexibility index (Phi) is 5.87. The number of sulfonamides is 1. The molecular weight excluding hydrogens is 398 g/mol. The Morgan fingerprint density at radius 1 is 1.14 bits per heavy atom. The minimum absolute atomic E-state index is 0.00344. The van der Waals surface area contributed by atoms with Crippen LogP contribution in [0.2, 0.25) is 0 Å². The van der Waals surface area contributed by atoms with Gasteiger partial charge in [-0.3, -0.25) is 9.59 Å². The SMILES string of the molecule is Cc1cc(C(=O)N2CCC(C(=O)Nc3ccc(S(N)(=O)=O)cc3)CC2)c(C)s1. The van der Waals surface area contributed by atoms with Crippen LogP contribution in [-0.4, -0.2) is 38.2 Å². The summed E-state index contributed by atoms with van der Waals surface area (Å²) in [6.07, 6.45) is 1.18. The summed E-state index contributed by atoms with van der Waals surface area (Å²) in [4.78, 5) is 29.1. The monoisotopic (exact) mass is 421 g/mol. The van der Waals surface area contributed by atoms with Crippen molar-refractivity contribution < 1.29 is 18.0 Å². The molecule has 0 bridgehead atoms. The number of nitrogens with zero attached hydrogens (tertiary/aromatic N) is 1. The summed E-state index contributed by atoms with van der Waals surface area (Å²) in [7, 11) is -3.76. The van der Waals surface area contributed by atoms with E-state index in [1.165, 1.54) is 24.3 Å². The van der Waals surface area contributed by atoms with E-state index in [2.05, 4.69) is 5.32 Å². The Balaban J connectivity index is 1.56. The number of hydrogen-bond acceptors (Lipinski definition) is 5. The van der Waals surface area contributed by atoms with E-state index in [1.54, 1.807) is 16.2 Å². The molecule has 1 saturated heterocycles. The Morgan fingerprint density at radius 3 is 2.25 bits per heavy atom. The first-order chi connectivity index (χ1) is 13.1. The minimum atomic E-state index is -3.76. The number of carbonyl (C=O) groups excluding carboxylic acids is 2. The number of carbonyl (C=O) groups is 2. The third kappa shape index (κ3) is 4.60. The van der Waals surface area contributed by atoms with Crippen molar-refractivity contribution >= 4 is 38.9 Å². The smallest absolute Gasteiger partial charge is 0.254 e. The lowest BCUT2D eigenvalue weighted by atomic mass is 9.95. The van der Waals surface area contributed by atoms with Gasteiger partial charge >= 0.3 is 0 Å². The molecule has 1 aromatic heterocycles. The molecule has 3 N–H and O–H groups in total. The maximum atomic E-state index is 12.7. The van der Waals surface area contributed by atoms with Gasteiger partial charge in [-0.05, 0) is 57.0 Å². The number of thiophene rings is 1. The number of aryl methyl sites for hydroxylation is 2. The maximum Gasteiger partial charge on any atom is 0.254 e. The van der Waals surface area contributed by atoms with Crippen LogP contribution < -0.4 is 10.5 Å². The average molecular weight is 422 g/mol. The van der Waals surface area contributed by atoms with Crippen LogP contribution in [0, 0.1) is 19.8 Å². The molecule has 2 amide bonds. The highest BCUT2D eigenvalue weighted by Gasteiger charge is 2.29. The van der Waals surface area contributed by atoms with Crippen LogP contribution in [0.3, 0.4) is 0 Å². The largest absolute Gasteiger partial charge is 0.339 e. The van der Waals surface area contributed by atoms with Crippen molar-refractivity contribution in [3.05, 3.63) is 45.6 Å². The van der Waals surface area contributed by atoms with E-state index in [9.17, 15) is 18.0 Å². The fraction of sp³-hybridized carbons (Fsp3) is 0.368. The summed E-state index contributed by atoms with van der Waals surface area (Å²) >= 11 is 1.61. The van der Waals surface area contributed by atoms with Gasteiger partial charge in [-0.15, -0.1) is 11.3 Å². The number of amides is 2. The molecule has 9 heteroatoms. The van der Waals surface area contributed by atoms with Gasteiger partial charge < -0.3 is 10.2 Å². The van der Waals surface area contributed by atoms with E-state index >= 15 is 0 Å². The van der Waals surface area contributed by atoms with Crippen molar-refractivity contribution in [2.45, 2.75) is 31.6 Å². The Labute approximate surface area is 168 Å². The molecule has 1 aromatic carbocycles. The molecule has 1 aliphatic heterocycles. The second-order valence-electron chi connectivity index (χ2n) is 6.95. The first kappa shape index (κ1) is 20.5. The van der Waals surface area contributed by atoms with E-state index in [0.717, 1.165) is 15.3 Å². The van der Waals surface area contributed by atoms with Gasteiger partial charge in [-0.1, -0.05) is 0 Å². The molecule has 0 spiro atoms. The molecule has 0 unspecified atom stereocenters. The zero-order valence-electron chi connectivity index (χ0n) is 15.8. The van der Waals surface area contributed by atoms with Crippen LogP contribution in [-0.2, 0) is 14.8 Å². The van der Waals surface area contributed by atoms with E-state index in [0.29, 0.717) is 31.6 Å². The summed E-state index contributed by atoms with van der Waals surface area (Å²) in [6, 6.07) is 7.66. The first-order valence-electron chi connectivity index (χ1n) is 8.95. The van der Waals surface area contributed by atoms with Gasteiger partial charge in [0.2, 0.25) is 15.9 Å². The molecule has 28 heavy (non-hydrogen) atoms. The van der Waals surface area contributed by atoms with Crippen molar-refractivity contribution in [2.24, 2.45) is 11.1 Å². The highest BCUT2D eigenvalue weighted by molar-refractivity contribution is 7.89. The Hall–Kier alpha value is -2.23. The van der Waals surface area contributed by atoms with Gasteiger partial charge in [0.25, 0.3) is 5.91 Å². The van der Waals surface area contributed by atoms with Crippen molar-refractivity contribution in [1.29, 1.82) is 0 Å². The van der Waals surface area contributed by atoms with Crippen LogP contribution in [0.1, 0.15) is 33.0 Å². The Bertz CT molecular complexity index is 989. The normalized spacial score (nSPS) is 15.5. The number of benzene rings is 1. The van der Waals surface area contributed by atoms with E-state index in [4.69, 9.17) is 5.14 Å². The van der Waals surface area contributed by atoms with Crippen molar-refractivity contribution in [2.75, 3.05) is 18.4 Å². The lowest BCUT2D eigenvalue weighted by molar-refractivity contribution is -0.121. The van der Waals surface area contributed by atoms with Crippen LogP contribution >= 0.6 is 11.3 Å². The highest BCUT2D eigenvalue weighted by atomic mass is 32.2. The predicted molar refractivity (Wildman–Crippen MR) is 109 cm³/mol. The standard InChI is InChI=1S/C19H23N3O4S2/c1-12-11-17(13(2)27-12)19(24)22-9-7-14(8-10-22)18(23)21-15-3-5-16(6-4-15)28(20,25)26/h3-6,11,14H,7-10H2,1-2H3,(H,21,23)(H2,20,25,26). The van der Waals surface area contributed by atoms with Crippen molar-refractivity contribution in [1.82, 2.24) is 4.90 Å². The molecule has 150 valence electrons. The number of likely N-dealkylation sites (tertiary alicyclic amines) is 1. The second kappa shape index (κ2) is 8.02. The maximum absolute atomic E-state index is 12.7. The molecule has 2 aromatic rings. The minimum Gasteiger partial charge on any atom is -0.339 e. The van der Waals surface area contributed by atoms with Gasteiger partial charge in [0.1, 0.15) is 0 Å². The summed E-state index contributed by atoms with van der Waals surface area (Å²) in [6.45, 7) is 5.01. The number of primary sulfonamides is 1. The van der Waals surface area contributed by atoms with Gasteiger partial charge in [0.05, 0.1) is 10.5 Å². The number of anilines is 1. The van der Waals surface area contributed by atoms with E-state index in [1.807, 2.05) is 19.9 Å². The van der Waals surface area contributed by atoms with Crippen LogP contribution in [0.5, 0.6) is 0 Å². The molecule has 7 nitrogen and oxygen atoms in total. The number of nitrogens with two attached hydrogens (primary N) is 1. The number of hydrogen-bond donors (Lipinski definition) is 2. The summed E-state index contributed by atoms with van der Waals surface area (Å²) in [5, 5.41) is 7.87. The third-order valence-electron chi connectivity index (χ3n) is 4.87. The number of piperidine rings is 1. The van der Waals surface area contributed by atoms with Gasteiger partial charge in [-0.25, -0.2) is 13.6 Å². The molecule has 2 heterocycles. The molecule has 0 saturated carbocycles. The Morgan fingerprint density at radius 2 is 1.75 bits per heavy atom. The second-order valence-corrected chi connectivity index (χ2v) is 9.97. The summed E-state index contributed by atoms with van der Waals surface area (Å²) in [5.74, 6) is -0.287. The highest BCUT2D eigenvalue weighted by Crippen LogP contribution is 2.25. The zero-order chi connectivity index (χ0) is 20.5. The van der Waals surface area contributed by atoms with E-state index in [-0.39, 0.29) is 22.6 Å². The molecular formula is C19H23N3O4S2. The quantitative estimate of drug-likeness (QED) is 0.790. The van der Waals surface area contributed by atoms with Gasteiger partial charge in [0.15, 0.2) is 0 Å². The third-order valence-corrected chi connectivity index (χ3v) is 6.77. The van der Waals surface area contributed by atoms with Gasteiger partial charge in [-0.2, -0.15) is 0 Å². The van der Waals surface area contributed by atoms with Crippen LogP contribution in [0.4, 0.5) is 5.69 Å². The molecule has 0 aliphatic carbocycles. The summed E-state index contributed by atoms with van der Waals surface area (Å²) < 4.78 is 22.6. The molecule has 1 aliphatic rings. The summed E-state index contributed by atoms with van der Waals surface area (Å²) in [5.41, 5.74) is 1.26. The lowest BCUT2D eigenvalue weighted by Gasteiger charge is -2.31. The average Bonchev–Trinajstić information content (AvgIpc) is 2.99. The lowest BCUT2D eigenvalue weighted by Crippen LogP contribution is -2.41. The van der Waals surface area contributed by atoms with Crippen LogP contribution in [0.25, 0.3) is 0 Å². The molecule has 3 rings (SSSR count). The van der Waals surface area contributed by atoms with Crippen LogP contribution in [0.15, 0.2) is 35.2 Å². The molecule has 1 fully saturated rings. The van der Waals surface area contributed by atoms with Crippen molar-refractivity contribution in [3.63, 3.8) is 0 Å². The molecule has 0 radical (unpaired) electrons. The fourth-order valence-electron chi connectivity index (χ4n) is 3.33. The van der Waals surface area contributed by atoms with Gasteiger partial charge in [0, 0.05) is 34.4 Å². The number of rotatable bonds is 4. The topological polar surface area (TPSA) is 110 Å². The first-order valence-corrected chi connectivity index (χ1v) is 11.3. The number of nitrogens with one attached hydrogen (secondary N) is 1. The zero-order valence-corrected chi connectivity index (χ0v) is 17.4. The van der Waals surface area contributed by atoms with Crippen molar-refractivity contribution in [3.8, 4) is 0 Å². The predicted octanol–water partition coefficient (Wildman–Crippen LogP) is 2.50. The van der Waals surface area contributed by atoms with E-state index < -0.39 is 10.0 Å². The molecule has 0 atom stereocenters. The fourth-order valence-corrected chi connectivity index (χ4v) is 4.76.